The van der Waals surface area contributed by atoms with Gasteiger partial charge in [-0.1, -0.05) is 20.8 Å². The van der Waals surface area contributed by atoms with Gasteiger partial charge in [-0.05, 0) is 30.0 Å². The highest BCUT2D eigenvalue weighted by molar-refractivity contribution is 6.01. The molecule has 2 aliphatic rings. The number of ether oxygens (including phenoxy) is 1. The summed E-state index contributed by atoms with van der Waals surface area (Å²) in [6.45, 7) is 8.07. The van der Waals surface area contributed by atoms with Crippen LogP contribution in [0.3, 0.4) is 0 Å². The molecule has 3 amide bonds. The first-order chi connectivity index (χ1) is 12.8. The van der Waals surface area contributed by atoms with Crippen LogP contribution in [-0.4, -0.2) is 54.9 Å². The molecule has 7 heteroatoms. The normalized spacial score (nSPS) is 20.9. The summed E-state index contributed by atoms with van der Waals surface area (Å²) in [5.41, 5.74) is 0.810. The molecule has 2 heterocycles. The number of rotatable bonds is 4. The average molecular weight is 373 g/mol. The largest absolute Gasteiger partial charge is 0.491 e. The van der Waals surface area contributed by atoms with Crippen molar-refractivity contribution in [2.24, 2.45) is 5.41 Å². The van der Waals surface area contributed by atoms with Crippen molar-refractivity contribution in [1.29, 1.82) is 0 Å². The zero-order valence-electron chi connectivity index (χ0n) is 16.1. The minimum atomic E-state index is -0.261. The molecule has 0 radical (unpaired) electrons. The Balaban J connectivity index is 1.69. The van der Waals surface area contributed by atoms with Crippen LogP contribution in [0.15, 0.2) is 18.2 Å². The van der Waals surface area contributed by atoms with E-state index in [0.717, 1.165) is 6.42 Å². The van der Waals surface area contributed by atoms with Crippen LogP contribution in [0, 0.1) is 5.41 Å². The zero-order valence-corrected chi connectivity index (χ0v) is 16.1. The molecular weight excluding hydrogens is 346 g/mol. The van der Waals surface area contributed by atoms with E-state index in [1.54, 1.807) is 18.2 Å². The Morgan fingerprint density at radius 3 is 2.89 bits per heavy atom. The summed E-state index contributed by atoms with van der Waals surface area (Å²) in [5, 5.41) is 5.66. The quantitative estimate of drug-likeness (QED) is 0.839. The van der Waals surface area contributed by atoms with E-state index in [0.29, 0.717) is 49.5 Å². The lowest BCUT2D eigenvalue weighted by molar-refractivity contribution is -0.131. The van der Waals surface area contributed by atoms with Crippen LogP contribution in [0.25, 0.3) is 0 Å². The van der Waals surface area contributed by atoms with Gasteiger partial charge in [0.1, 0.15) is 12.4 Å². The predicted octanol–water partition coefficient (Wildman–Crippen LogP) is 1.58. The second kappa shape index (κ2) is 7.58. The fraction of sp³-hybridized carbons (Fsp3) is 0.550. The Hall–Kier alpha value is -2.57. The number of nitrogens with zero attached hydrogens (tertiary/aromatic N) is 1. The number of likely N-dealkylation sites (tertiary alicyclic amines) is 1. The van der Waals surface area contributed by atoms with Crippen LogP contribution in [-0.2, 0) is 4.79 Å². The number of amides is 3. The number of nitrogens with one attached hydrogen (secondary N) is 2. The maximum Gasteiger partial charge on any atom is 0.255 e. The van der Waals surface area contributed by atoms with Crippen molar-refractivity contribution in [3.8, 4) is 5.75 Å². The Labute approximate surface area is 159 Å². The van der Waals surface area contributed by atoms with Crippen molar-refractivity contribution in [1.82, 2.24) is 15.5 Å². The highest BCUT2D eigenvalue weighted by atomic mass is 16.5. The van der Waals surface area contributed by atoms with Gasteiger partial charge < -0.3 is 20.3 Å². The molecule has 0 bridgehead atoms. The second-order valence-electron chi connectivity index (χ2n) is 7.92. The first-order valence-corrected chi connectivity index (χ1v) is 9.43. The Morgan fingerprint density at radius 1 is 1.37 bits per heavy atom. The van der Waals surface area contributed by atoms with E-state index in [9.17, 15) is 14.4 Å². The molecule has 0 saturated carbocycles. The van der Waals surface area contributed by atoms with Crippen LogP contribution in [0.4, 0.5) is 0 Å². The molecule has 7 nitrogen and oxygen atoms in total. The van der Waals surface area contributed by atoms with Gasteiger partial charge in [-0.15, -0.1) is 0 Å². The molecule has 3 rings (SSSR count). The predicted molar refractivity (Wildman–Crippen MR) is 101 cm³/mol. The Bertz CT molecular complexity index is 760. The van der Waals surface area contributed by atoms with Gasteiger partial charge in [0, 0.05) is 31.1 Å². The van der Waals surface area contributed by atoms with E-state index in [-0.39, 0.29) is 29.2 Å². The second-order valence-corrected chi connectivity index (χ2v) is 7.92. The molecule has 1 atom stereocenters. The molecule has 2 aliphatic heterocycles. The van der Waals surface area contributed by atoms with Gasteiger partial charge in [0.25, 0.3) is 11.8 Å². The minimum Gasteiger partial charge on any atom is -0.491 e. The molecular formula is C20H27N3O4. The average Bonchev–Trinajstić information content (AvgIpc) is 2.84. The third-order valence-electron chi connectivity index (χ3n) is 5.08. The first kappa shape index (κ1) is 19.2. The molecule has 0 unspecified atom stereocenters. The van der Waals surface area contributed by atoms with Crippen molar-refractivity contribution in [2.75, 3.05) is 26.2 Å². The van der Waals surface area contributed by atoms with E-state index in [1.807, 2.05) is 11.8 Å². The minimum absolute atomic E-state index is 0.0103. The van der Waals surface area contributed by atoms with Gasteiger partial charge >= 0.3 is 0 Å². The molecule has 1 aromatic rings. The highest BCUT2D eigenvalue weighted by Gasteiger charge is 2.39. The maximum absolute atomic E-state index is 12.6. The molecule has 1 saturated heterocycles. The third kappa shape index (κ3) is 4.23. The molecule has 27 heavy (non-hydrogen) atoms. The van der Waals surface area contributed by atoms with Crippen molar-refractivity contribution < 1.29 is 19.1 Å². The van der Waals surface area contributed by atoms with Gasteiger partial charge in [0.2, 0.25) is 5.91 Å². The molecule has 2 N–H and O–H groups in total. The Morgan fingerprint density at radius 2 is 2.15 bits per heavy atom. The van der Waals surface area contributed by atoms with Gasteiger partial charge in [0.15, 0.2) is 0 Å². The SMILES string of the molecule is CCC(=O)N1CC(C)(C)C[C@H]1CNC(=O)c1ccc2c(c1)C(=O)NCCO2. The van der Waals surface area contributed by atoms with Crippen molar-refractivity contribution in [3.63, 3.8) is 0 Å². The van der Waals surface area contributed by atoms with Gasteiger partial charge in [0.05, 0.1) is 12.1 Å². The zero-order chi connectivity index (χ0) is 19.6. The van der Waals surface area contributed by atoms with E-state index in [1.165, 1.54) is 0 Å². The number of carbonyl (C=O) groups excluding carboxylic acids is 3. The first-order valence-electron chi connectivity index (χ1n) is 9.43. The fourth-order valence-electron chi connectivity index (χ4n) is 3.79. The lowest BCUT2D eigenvalue weighted by Gasteiger charge is -2.24. The Kier molecular flexibility index (Phi) is 5.39. The summed E-state index contributed by atoms with van der Waals surface area (Å²) in [7, 11) is 0. The molecule has 0 aromatic heterocycles. The van der Waals surface area contributed by atoms with Crippen LogP contribution < -0.4 is 15.4 Å². The van der Waals surface area contributed by atoms with E-state index >= 15 is 0 Å². The van der Waals surface area contributed by atoms with Crippen molar-refractivity contribution in [3.05, 3.63) is 29.3 Å². The number of benzene rings is 1. The lowest BCUT2D eigenvalue weighted by atomic mass is 9.90. The summed E-state index contributed by atoms with van der Waals surface area (Å²) in [4.78, 5) is 38.8. The number of fused-ring (bicyclic) bond motifs is 1. The molecule has 1 aromatic carbocycles. The standard InChI is InChI=1S/C20H27N3O4/c1-4-17(24)23-12-20(2,3)10-14(23)11-22-18(25)13-5-6-16-15(9-13)19(26)21-7-8-27-16/h5-6,9,14H,4,7-8,10-12H2,1-3H3,(H,21,26)(H,22,25)/t14-/m0/s1. The third-order valence-corrected chi connectivity index (χ3v) is 5.08. The molecule has 146 valence electrons. The topological polar surface area (TPSA) is 87.7 Å². The van der Waals surface area contributed by atoms with Gasteiger partial charge in [-0.3, -0.25) is 14.4 Å². The summed E-state index contributed by atoms with van der Waals surface area (Å²) < 4.78 is 5.51. The van der Waals surface area contributed by atoms with Crippen LogP contribution in [0.2, 0.25) is 0 Å². The summed E-state index contributed by atoms with van der Waals surface area (Å²) in [5.74, 6) is 0.0929. The van der Waals surface area contributed by atoms with E-state index in [4.69, 9.17) is 4.74 Å². The van der Waals surface area contributed by atoms with Gasteiger partial charge in [-0.25, -0.2) is 0 Å². The number of carbonyl (C=O) groups is 3. The monoisotopic (exact) mass is 373 g/mol. The van der Waals surface area contributed by atoms with E-state index in [2.05, 4.69) is 24.5 Å². The number of hydrogen-bond acceptors (Lipinski definition) is 4. The highest BCUT2D eigenvalue weighted by Crippen LogP contribution is 2.34. The molecule has 0 spiro atoms. The molecule has 1 fully saturated rings. The lowest BCUT2D eigenvalue weighted by Crippen LogP contribution is -2.43. The summed E-state index contributed by atoms with van der Waals surface area (Å²) in [6.07, 6.45) is 1.31. The van der Waals surface area contributed by atoms with E-state index < -0.39 is 0 Å². The van der Waals surface area contributed by atoms with Crippen molar-refractivity contribution >= 4 is 17.7 Å². The summed E-state index contributed by atoms with van der Waals surface area (Å²) in [6, 6.07) is 4.85. The summed E-state index contributed by atoms with van der Waals surface area (Å²) >= 11 is 0. The van der Waals surface area contributed by atoms with Crippen molar-refractivity contribution in [2.45, 2.75) is 39.7 Å². The number of hydrogen-bond donors (Lipinski definition) is 2. The fourth-order valence-corrected chi connectivity index (χ4v) is 3.79. The van der Waals surface area contributed by atoms with Gasteiger partial charge in [-0.2, -0.15) is 0 Å². The van der Waals surface area contributed by atoms with Crippen LogP contribution in [0.5, 0.6) is 5.75 Å². The smallest absolute Gasteiger partial charge is 0.255 e. The molecule has 0 aliphatic carbocycles. The van der Waals surface area contributed by atoms with Crippen LogP contribution >= 0.6 is 0 Å². The maximum atomic E-state index is 12.6. The van der Waals surface area contributed by atoms with Crippen LogP contribution in [0.1, 0.15) is 54.3 Å².